The number of hydrogen-bond donors (Lipinski definition) is 1. The third kappa shape index (κ3) is 1.58. The Kier molecular flexibility index (Phi) is 2.30. The van der Waals surface area contributed by atoms with E-state index in [0.717, 1.165) is 0 Å². The molecule has 1 heterocycles. The zero-order valence-corrected chi connectivity index (χ0v) is 10.0. The van der Waals surface area contributed by atoms with E-state index in [9.17, 15) is 0 Å². The van der Waals surface area contributed by atoms with Gasteiger partial charge in [-0.15, -0.1) is 0 Å². The predicted molar refractivity (Wildman–Crippen MR) is 68.1 cm³/mol. The van der Waals surface area contributed by atoms with Gasteiger partial charge in [0.15, 0.2) is 0 Å². The van der Waals surface area contributed by atoms with E-state index >= 15 is 0 Å². The van der Waals surface area contributed by atoms with Crippen molar-refractivity contribution in [2.45, 2.75) is 31.2 Å². The average molecular weight is 227 g/mol. The lowest BCUT2D eigenvalue weighted by atomic mass is 9.88. The Morgan fingerprint density at radius 2 is 2.12 bits per heavy atom. The molecule has 1 aliphatic rings. The summed E-state index contributed by atoms with van der Waals surface area (Å²) in [5.74, 6) is 0. The maximum Gasteiger partial charge on any atom is 0.0991 e. The first-order valence-corrected chi connectivity index (χ1v) is 6.07. The maximum absolute atomic E-state index is 6.16. The number of imidazole rings is 1. The molecule has 0 saturated heterocycles. The van der Waals surface area contributed by atoms with E-state index in [4.69, 9.17) is 5.73 Å². The van der Waals surface area contributed by atoms with Gasteiger partial charge in [-0.3, -0.25) is 0 Å². The molecule has 2 N–H and O–H groups in total. The summed E-state index contributed by atoms with van der Waals surface area (Å²) in [4.78, 5) is 4.12. The fraction of sp³-hybridized carbons (Fsp3) is 0.357. The van der Waals surface area contributed by atoms with E-state index in [2.05, 4.69) is 40.7 Å². The van der Waals surface area contributed by atoms with Crippen LogP contribution in [0.25, 0.3) is 5.69 Å². The van der Waals surface area contributed by atoms with E-state index in [0.29, 0.717) is 0 Å². The van der Waals surface area contributed by atoms with Gasteiger partial charge in [0, 0.05) is 23.9 Å². The SMILES string of the molecule is CC(N)C1(c2ccccc2-n2ccnc2)CC1. The second-order valence-corrected chi connectivity index (χ2v) is 4.93. The molecule has 1 atom stereocenters. The molecule has 2 aromatic rings. The minimum atomic E-state index is 0.181. The van der Waals surface area contributed by atoms with Crippen molar-refractivity contribution >= 4 is 0 Å². The lowest BCUT2D eigenvalue weighted by Gasteiger charge is -2.23. The molecule has 3 heteroatoms. The summed E-state index contributed by atoms with van der Waals surface area (Å²) in [5.41, 5.74) is 8.91. The molecule has 0 spiro atoms. The second kappa shape index (κ2) is 3.70. The summed E-state index contributed by atoms with van der Waals surface area (Å²) in [7, 11) is 0. The van der Waals surface area contributed by atoms with Gasteiger partial charge in [-0.2, -0.15) is 0 Å². The van der Waals surface area contributed by atoms with Crippen LogP contribution in [-0.2, 0) is 5.41 Å². The molecule has 0 amide bonds. The molecule has 3 rings (SSSR count). The van der Waals surface area contributed by atoms with E-state index in [1.807, 2.05) is 18.7 Å². The Morgan fingerprint density at radius 1 is 1.35 bits per heavy atom. The van der Waals surface area contributed by atoms with Crippen LogP contribution in [0.4, 0.5) is 0 Å². The van der Waals surface area contributed by atoms with Crippen LogP contribution in [0.15, 0.2) is 43.0 Å². The quantitative estimate of drug-likeness (QED) is 0.874. The van der Waals surface area contributed by atoms with Gasteiger partial charge < -0.3 is 10.3 Å². The van der Waals surface area contributed by atoms with Crippen LogP contribution in [0.1, 0.15) is 25.3 Å². The van der Waals surface area contributed by atoms with E-state index < -0.39 is 0 Å². The van der Waals surface area contributed by atoms with Gasteiger partial charge in [0.25, 0.3) is 0 Å². The van der Waals surface area contributed by atoms with Crippen LogP contribution >= 0.6 is 0 Å². The third-order valence-electron chi connectivity index (χ3n) is 3.88. The standard InChI is InChI=1S/C14H17N3/c1-11(15)14(6-7-14)12-4-2-3-5-13(12)17-9-8-16-10-17/h2-5,8-11H,6-7,15H2,1H3. The van der Waals surface area contributed by atoms with Gasteiger partial charge in [0.05, 0.1) is 12.0 Å². The molecule has 1 aromatic carbocycles. The number of hydrogen-bond acceptors (Lipinski definition) is 2. The molecular formula is C14H17N3. The normalized spacial score (nSPS) is 18.9. The van der Waals surface area contributed by atoms with Crippen LogP contribution in [0.2, 0.25) is 0 Å². The molecule has 1 fully saturated rings. The summed E-state index contributed by atoms with van der Waals surface area (Å²) < 4.78 is 2.07. The fourth-order valence-electron chi connectivity index (χ4n) is 2.63. The van der Waals surface area contributed by atoms with Crippen LogP contribution < -0.4 is 5.73 Å². The van der Waals surface area contributed by atoms with Gasteiger partial charge in [-0.1, -0.05) is 18.2 Å². The third-order valence-corrected chi connectivity index (χ3v) is 3.88. The Balaban J connectivity index is 2.12. The van der Waals surface area contributed by atoms with Crippen molar-refractivity contribution < 1.29 is 0 Å². The van der Waals surface area contributed by atoms with Crippen molar-refractivity contribution in [3.63, 3.8) is 0 Å². The molecule has 17 heavy (non-hydrogen) atoms. The number of nitrogens with zero attached hydrogens (tertiary/aromatic N) is 2. The van der Waals surface area contributed by atoms with E-state index in [-0.39, 0.29) is 11.5 Å². The topological polar surface area (TPSA) is 43.8 Å². The Bertz CT molecular complexity index is 510. The highest BCUT2D eigenvalue weighted by Gasteiger charge is 2.48. The number of para-hydroxylation sites is 1. The largest absolute Gasteiger partial charge is 0.327 e. The minimum absolute atomic E-state index is 0.181. The Hall–Kier alpha value is -1.61. The van der Waals surface area contributed by atoms with Crippen LogP contribution in [-0.4, -0.2) is 15.6 Å². The smallest absolute Gasteiger partial charge is 0.0991 e. The molecule has 0 radical (unpaired) electrons. The van der Waals surface area contributed by atoms with Gasteiger partial charge in [0.2, 0.25) is 0 Å². The highest BCUT2D eigenvalue weighted by Crippen LogP contribution is 2.51. The first kappa shape index (κ1) is 10.5. The van der Waals surface area contributed by atoms with Gasteiger partial charge in [-0.25, -0.2) is 4.98 Å². The number of nitrogens with two attached hydrogens (primary N) is 1. The van der Waals surface area contributed by atoms with Crippen molar-refractivity contribution in [1.29, 1.82) is 0 Å². The summed E-state index contributed by atoms with van der Waals surface area (Å²) in [6, 6.07) is 8.70. The second-order valence-electron chi connectivity index (χ2n) is 4.93. The first-order valence-electron chi connectivity index (χ1n) is 6.07. The molecule has 1 aromatic heterocycles. The fourth-order valence-corrected chi connectivity index (χ4v) is 2.63. The molecule has 0 bridgehead atoms. The lowest BCUT2D eigenvalue weighted by Crippen LogP contribution is -2.32. The Morgan fingerprint density at radius 3 is 2.71 bits per heavy atom. The van der Waals surface area contributed by atoms with Crippen LogP contribution in [0, 0.1) is 0 Å². The van der Waals surface area contributed by atoms with E-state index in [1.54, 1.807) is 0 Å². The van der Waals surface area contributed by atoms with Gasteiger partial charge in [0.1, 0.15) is 0 Å². The summed E-state index contributed by atoms with van der Waals surface area (Å²) in [6.07, 6.45) is 8.02. The molecular weight excluding hydrogens is 210 g/mol. The molecule has 0 aliphatic heterocycles. The lowest BCUT2D eigenvalue weighted by molar-refractivity contribution is 0.554. The van der Waals surface area contributed by atoms with Gasteiger partial charge >= 0.3 is 0 Å². The molecule has 3 nitrogen and oxygen atoms in total. The highest BCUT2D eigenvalue weighted by atomic mass is 15.0. The summed E-state index contributed by atoms with van der Waals surface area (Å²) in [6.45, 7) is 2.11. The predicted octanol–water partition coefficient (Wildman–Crippen LogP) is 2.25. The Labute approximate surface area is 101 Å². The highest BCUT2D eigenvalue weighted by molar-refractivity contribution is 5.49. The van der Waals surface area contributed by atoms with Crippen molar-refractivity contribution in [2.75, 3.05) is 0 Å². The zero-order valence-electron chi connectivity index (χ0n) is 10.0. The van der Waals surface area contributed by atoms with Crippen molar-refractivity contribution in [3.8, 4) is 5.69 Å². The molecule has 88 valence electrons. The van der Waals surface area contributed by atoms with Crippen molar-refractivity contribution in [2.24, 2.45) is 5.73 Å². The maximum atomic E-state index is 6.16. The monoisotopic (exact) mass is 227 g/mol. The first-order chi connectivity index (χ1) is 8.24. The van der Waals surface area contributed by atoms with Crippen LogP contribution in [0.3, 0.4) is 0 Å². The van der Waals surface area contributed by atoms with Crippen molar-refractivity contribution in [1.82, 2.24) is 9.55 Å². The number of benzene rings is 1. The van der Waals surface area contributed by atoms with Crippen molar-refractivity contribution in [3.05, 3.63) is 48.5 Å². The summed E-state index contributed by atoms with van der Waals surface area (Å²) >= 11 is 0. The van der Waals surface area contributed by atoms with E-state index in [1.165, 1.54) is 24.1 Å². The minimum Gasteiger partial charge on any atom is -0.327 e. The molecule has 1 aliphatic carbocycles. The summed E-state index contributed by atoms with van der Waals surface area (Å²) in [5, 5.41) is 0. The number of rotatable bonds is 3. The van der Waals surface area contributed by atoms with Gasteiger partial charge in [-0.05, 0) is 31.4 Å². The molecule has 1 unspecified atom stereocenters. The van der Waals surface area contributed by atoms with Crippen LogP contribution in [0.5, 0.6) is 0 Å². The average Bonchev–Trinajstić information content (AvgIpc) is 2.98. The molecule has 1 saturated carbocycles. The number of aromatic nitrogens is 2. The zero-order chi connectivity index (χ0) is 11.9.